The Morgan fingerprint density at radius 2 is 1.44 bits per heavy atom. The van der Waals surface area contributed by atoms with Crippen LogP contribution >= 0.6 is 0 Å². The summed E-state index contributed by atoms with van der Waals surface area (Å²) in [6.45, 7) is 0.506. The van der Waals surface area contributed by atoms with E-state index in [1.807, 2.05) is 0 Å². The van der Waals surface area contributed by atoms with E-state index in [1.54, 1.807) is 73.1 Å². The van der Waals surface area contributed by atoms with Crippen molar-refractivity contribution in [2.24, 2.45) is 5.14 Å². The second-order valence-corrected chi connectivity index (χ2v) is 12.7. The van der Waals surface area contributed by atoms with E-state index in [0.717, 1.165) is 17.3 Å². The summed E-state index contributed by atoms with van der Waals surface area (Å²) in [5, 5.41) is 15.3. The van der Waals surface area contributed by atoms with Crippen LogP contribution < -0.4 is 10.5 Å². The number of benzene rings is 3. The fourth-order valence-corrected chi connectivity index (χ4v) is 5.97. The molecule has 0 fully saturated rings. The molecule has 10 nitrogen and oxygen atoms in total. The maximum absolute atomic E-state index is 13.6. The summed E-state index contributed by atoms with van der Waals surface area (Å²) >= 11 is 0. The summed E-state index contributed by atoms with van der Waals surface area (Å²) in [6, 6.07) is 22.5. The van der Waals surface area contributed by atoms with Gasteiger partial charge in [0.25, 0.3) is 5.91 Å². The lowest BCUT2D eigenvalue weighted by molar-refractivity contribution is 0.0954. The van der Waals surface area contributed by atoms with Crippen molar-refractivity contribution in [3.8, 4) is 0 Å². The number of hydrogen-bond donors (Lipinski definition) is 3. The summed E-state index contributed by atoms with van der Waals surface area (Å²) in [5.41, 5.74) is 3.27. The predicted molar refractivity (Wildman–Crippen MR) is 155 cm³/mol. The van der Waals surface area contributed by atoms with Crippen molar-refractivity contribution in [3.05, 3.63) is 125 Å². The molecule has 0 aliphatic rings. The van der Waals surface area contributed by atoms with Gasteiger partial charge in [-0.1, -0.05) is 42.5 Å². The highest BCUT2D eigenvalue weighted by molar-refractivity contribution is 7.89. The molecule has 3 aromatic carbocycles. The number of aromatic nitrogens is 1. The highest BCUT2D eigenvalue weighted by atomic mass is 32.2. The van der Waals surface area contributed by atoms with Gasteiger partial charge in [-0.15, -0.1) is 0 Å². The van der Waals surface area contributed by atoms with Crippen molar-refractivity contribution in [3.63, 3.8) is 0 Å². The SMILES string of the molecule is N=Cc1ccc(S(=O)(=O)N(Cc2ccc(C(=O)NCCc3ccc(S(N)(=O)=O)cc3)cc2)Cc2cccnc2)cc1. The minimum absolute atomic E-state index is 0.0258. The Kier molecular flexibility index (Phi) is 9.40. The Balaban J connectivity index is 1.43. The van der Waals surface area contributed by atoms with Gasteiger partial charge in [0, 0.05) is 43.8 Å². The Morgan fingerprint density at radius 3 is 2.02 bits per heavy atom. The van der Waals surface area contributed by atoms with Crippen molar-refractivity contribution >= 4 is 32.2 Å². The van der Waals surface area contributed by atoms with Crippen LogP contribution in [-0.4, -0.2) is 44.8 Å². The molecule has 4 N–H and O–H groups in total. The summed E-state index contributed by atoms with van der Waals surface area (Å²) in [4.78, 5) is 16.9. The second-order valence-electron chi connectivity index (χ2n) is 9.24. The summed E-state index contributed by atoms with van der Waals surface area (Å²) < 4.78 is 51.2. The normalized spacial score (nSPS) is 11.8. The van der Waals surface area contributed by atoms with Gasteiger partial charge in [0.2, 0.25) is 20.0 Å². The van der Waals surface area contributed by atoms with Crippen LogP contribution in [0.5, 0.6) is 0 Å². The molecular weight excluding hydrogens is 562 g/mol. The number of amides is 1. The van der Waals surface area contributed by atoms with Gasteiger partial charge in [0.15, 0.2) is 0 Å². The van der Waals surface area contributed by atoms with E-state index in [-0.39, 0.29) is 28.8 Å². The van der Waals surface area contributed by atoms with Crippen molar-refractivity contribution in [1.82, 2.24) is 14.6 Å². The molecule has 0 unspecified atom stereocenters. The lowest BCUT2D eigenvalue weighted by atomic mass is 10.1. The molecular formula is C29H29N5O5S2. The van der Waals surface area contributed by atoms with Gasteiger partial charge in [-0.3, -0.25) is 9.78 Å². The fourth-order valence-electron chi connectivity index (χ4n) is 4.04. The number of carbonyl (C=O) groups is 1. The van der Waals surface area contributed by atoms with Gasteiger partial charge in [-0.25, -0.2) is 22.0 Å². The molecule has 0 atom stereocenters. The molecule has 212 valence electrons. The summed E-state index contributed by atoms with van der Waals surface area (Å²) in [7, 11) is -7.65. The number of sulfonamides is 2. The lowest BCUT2D eigenvalue weighted by Gasteiger charge is -2.22. The highest BCUT2D eigenvalue weighted by Crippen LogP contribution is 2.22. The highest BCUT2D eigenvalue weighted by Gasteiger charge is 2.25. The third-order valence-electron chi connectivity index (χ3n) is 6.29. The van der Waals surface area contributed by atoms with Crippen LogP contribution in [0, 0.1) is 5.41 Å². The zero-order chi connectivity index (χ0) is 29.5. The van der Waals surface area contributed by atoms with E-state index in [0.29, 0.717) is 29.7 Å². The molecule has 0 saturated heterocycles. The Bertz CT molecular complexity index is 1710. The number of nitrogens with one attached hydrogen (secondary N) is 2. The molecule has 0 radical (unpaired) electrons. The molecule has 0 saturated carbocycles. The monoisotopic (exact) mass is 591 g/mol. The largest absolute Gasteiger partial charge is 0.352 e. The van der Waals surface area contributed by atoms with Crippen LogP contribution in [0.2, 0.25) is 0 Å². The van der Waals surface area contributed by atoms with Crippen LogP contribution in [0.3, 0.4) is 0 Å². The van der Waals surface area contributed by atoms with E-state index in [2.05, 4.69) is 10.3 Å². The molecule has 0 bridgehead atoms. The fraction of sp³-hybridized carbons (Fsp3) is 0.138. The molecule has 0 spiro atoms. The van der Waals surface area contributed by atoms with Gasteiger partial charge in [0.05, 0.1) is 9.79 Å². The van der Waals surface area contributed by atoms with Crippen LogP contribution in [-0.2, 0) is 39.6 Å². The van der Waals surface area contributed by atoms with E-state index in [1.165, 1.54) is 28.6 Å². The Morgan fingerprint density at radius 1 is 0.829 bits per heavy atom. The van der Waals surface area contributed by atoms with Crippen LogP contribution in [0.15, 0.2) is 107 Å². The van der Waals surface area contributed by atoms with E-state index in [4.69, 9.17) is 10.5 Å². The summed E-state index contributed by atoms with van der Waals surface area (Å²) in [5.74, 6) is -0.288. The van der Waals surface area contributed by atoms with Crippen molar-refractivity contribution in [2.45, 2.75) is 29.3 Å². The zero-order valence-corrected chi connectivity index (χ0v) is 23.6. The second kappa shape index (κ2) is 13.0. The first kappa shape index (κ1) is 29.7. The van der Waals surface area contributed by atoms with Crippen molar-refractivity contribution in [1.29, 1.82) is 5.41 Å². The van der Waals surface area contributed by atoms with Gasteiger partial charge in [-0.05, 0) is 71.1 Å². The smallest absolute Gasteiger partial charge is 0.251 e. The number of hydrogen-bond acceptors (Lipinski definition) is 7. The molecule has 0 aliphatic heterocycles. The van der Waals surface area contributed by atoms with E-state index >= 15 is 0 Å². The van der Waals surface area contributed by atoms with Gasteiger partial charge >= 0.3 is 0 Å². The molecule has 4 aromatic rings. The molecule has 41 heavy (non-hydrogen) atoms. The minimum atomic E-state index is -3.89. The number of primary sulfonamides is 1. The van der Waals surface area contributed by atoms with Crippen molar-refractivity contribution < 1.29 is 21.6 Å². The molecule has 1 amide bonds. The van der Waals surface area contributed by atoms with Gasteiger partial charge in [0.1, 0.15) is 0 Å². The number of nitrogens with zero attached hydrogens (tertiary/aromatic N) is 2. The molecule has 1 aromatic heterocycles. The number of nitrogens with two attached hydrogens (primary N) is 1. The van der Waals surface area contributed by atoms with Gasteiger partial charge in [-0.2, -0.15) is 4.31 Å². The average molecular weight is 592 g/mol. The van der Waals surface area contributed by atoms with E-state index in [9.17, 15) is 21.6 Å². The molecule has 12 heteroatoms. The van der Waals surface area contributed by atoms with E-state index < -0.39 is 20.0 Å². The molecule has 1 heterocycles. The Labute approximate surface area is 239 Å². The third kappa shape index (κ3) is 7.92. The van der Waals surface area contributed by atoms with Crippen LogP contribution in [0.4, 0.5) is 0 Å². The maximum Gasteiger partial charge on any atom is 0.251 e. The molecule has 0 aliphatic carbocycles. The van der Waals surface area contributed by atoms with Gasteiger partial charge < -0.3 is 10.7 Å². The van der Waals surface area contributed by atoms with Crippen LogP contribution in [0.25, 0.3) is 0 Å². The molecule has 4 rings (SSSR count). The topological polar surface area (TPSA) is 163 Å². The van der Waals surface area contributed by atoms with Crippen LogP contribution in [0.1, 0.15) is 32.6 Å². The first-order valence-corrected chi connectivity index (χ1v) is 15.5. The first-order valence-electron chi connectivity index (χ1n) is 12.5. The minimum Gasteiger partial charge on any atom is -0.352 e. The first-order chi connectivity index (χ1) is 19.6. The standard InChI is InChI=1S/C29H29N5O5S2/c30-18-23-7-13-28(14-8-23)41(38,39)34(21-25-2-1-16-32-19-25)20-24-3-9-26(10-4-24)29(35)33-17-15-22-5-11-27(12-6-22)40(31,36)37/h1-14,16,18-19,30H,15,17,20-21H2,(H,33,35)(H2,31,36,37). The Hall–Kier alpha value is -4.23. The average Bonchev–Trinajstić information content (AvgIpc) is 2.97. The zero-order valence-electron chi connectivity index (χ0n) is 22.0. The number of carbonyl (C=O) groups excluding carboxylic acids is 1. The number of rotatable bonds is 12. The predicted octanol–water partition coefficient (Wildman–Crippen LogP) is 3.09. The lowest BCUT2D eigenvalue weighted by Crippen LogP contribution is -2.30. The quantitative estimate of drug-likeness (QED) is 0.214. The summed E-state index contributed by atoms with van der Waals surface area (Å²) in [6.07, 6.45) is 4.88. The third-order valence-corrected chi connectivity index (χ3v) is 9.03. The van der Waals surface area contributed by atoms with Crippen molar-refractivity contribution in [2.75, 3.05) is 6.54 Å². The number of pyridine rings is 1. The maximum atomic E-state index is 13.6.